The number of nitrogens with one attached hydrogen (secondary N) is 1. The molecule has 0 aromatic heterocycles. The van der Waals surface area contributed by atoms with Gasteiger partial charge in [-0.15, -0.1) is 0 Å². The molecule has 0 spiro atoms. The zero-order valence-corrected chi connectivity index (χ0v) is 14.3. The van der Waals surface area contributed by atoms with Crippen LogP contribution in [0, 0.1) is 0 Å². The minimum absolute atomic E-state index is 0.0577. The molecule has 0 saturated heterocycles. The summed E-state index contributed by atoms with van der Waals surface area (Å²) in [6.45, 7) is 1.18. The molecule has 5 nitrogen and oxygen atoms in total. The Morgan fingerprint density at radius 2 is 1.50 bits per heavy atom. The topological polar surface area (TPSA) is 66.5 Å². The first-order valence-electron chi connectivity index (χ1n) is 7.82. The average Bonchev–Trinajstić information content (AvgIpc) is 2.70. The molecule has 126 valence electrons. The third kappa shape index (κ3) is 3.83. The summed E-state index contributed by atoms with van der Waals surface area (Å²) in [6.07, 6.45) is 1.24. The molecule has 1 aliphatic rings. The molecule has 0 radical (unpaired) electrons. The highest BCUT2D eigenvalue weighted by molar-refractivity contribution is 7.88. The zero-order valence-electron chi connectivity index (χ0n) is 13.5. The number of amides is 1. The normalized spacial score (nSPS) is 13.8. The van der Waals surface area contributed by atoms with E-state index in [1.807, 2.05) is 36.4 Å². The van der Waals surface area contributed by atoms with E-state index in [2.05, 4.69) is 16.9 Å². The van der Waals surface area contributed by atoms with E-state index in [1.165, 1.54) is 0 Å². The van der Waals surface area contributed by atoms with E-state index in [0.29, 0.717) is 13.1 Å². The standard InChI is InChI=1S/C18H20N2O3S/c1-24(22,23)19-11-10-18(21)20-12-14-6-2-4-8-16(14)17-9-5-3-7-15(17)13-20/h2-9,19H,10-13H2,1H3. The Morgan fingerprint density at radius 1 is 1.00 bits per heavy atom. The van der Waals surface area contributed by atoms with Crippen molar-refractivity contribution in [2.45, 2.75) is 19.5 Å². The van der Waals surface area contributed by atoms with Gasteiger partial charge in [-0.05, 0) is 22.3 Å². The van der Waals surface area contributed by atoms with Crippen molar-refractivity contribution in [2.75, 3.05) is 12.8 Å². The van der Waals surface area contributed by atoms with Crippen LogP contribution in [-0.4, -0.2) is 32.0 Å². The fourth-order valence-electron chi connectivity index (χ4n) is 2.99. The Kier molecular flexibility index (Phi) is 4.69. The van der Waals surface area contributed by atoms with Crippen LogP contribution in [0.5, 0.6) is 0 Å². The summed E-state index contributed by atoms with van der Waals surface area (Å²) in [5.74, 6) is -0.0577. The van der Waals surface area contributed by atoms with Crippen molar-refractivity contribution in [3.63, 3.8) is 0 Å². The predicted molar refractivity (Wildman–Crippen MR) is 93.6 cm³/mol. The molecule has 1 N–H and O–H groups in total. The first-order chi connectivity index (χ1) is 11.4. The lowest BCUT2D eigenvalue weighted by molar-refractivity contribution is -0.132. The number of sulfonamides is 1. The summed E-state index contributed by atoms with van der Waals surface area (Å²) in [6, 6.07) is 16.2. The molecule has 1 aliphatic heterocycles. The van der Waals surface area contributed by atoms with E-state index in [-0.39, 0.29) is 18.9 Å². The van der Waals surface area contributed by atoms with Crippen LogP contribution >= 0.6 is 0 Å². The molecule has 6 heteroatoms. The van der Waals surface area contributed by atoms with Crippen LogP contribution in [0.3, 0.4) is 0 Å². The smallest absolute Gasteiger partial charge is 0.224 e. The van der Waals surface area contributed by atoms with E-state index in [9.17, 15) is 13.2 Å². The van der Waals surface area contributed by atoms with Crippen molar-refractivity contribution in [2.24, 2.45) is 0 Å². The minimum atomic E-state index is -3.28. The second-order valence-electron chi connectivity index (χ2n) is 5.98. The Labute approximate surface area is 142 Å². The van der Waals surface area contributed by atoms with Gasteiger partial charge in [-0.3, -0.25) is 4.79 Å². The lowest BCUT2D eigenvalue weighted by atomic mass is 9.97. The monoisotopic (exact) mass is 344 g/mol. The maximum Gasteiger partial charge on any atom is 0.224 e. The van der Waals surface area contributed by atoms with Crippen molar-refractivity contribution in [3.05, 3.63) is 59.7 Å². The Balaban J connectivity index is 1.84. The first kappa shape index (κ1) is 16.7. The van der Waals surface area contributed by atoms with Crippen LogP contribution in [0.25, 0.3) is 11.1 Å². The number of hydrogen-bond donors (Lipinski definition) is 1. The van der Waals surface area contributed by atoms with Crippen molar-refractivity contribution in [1.82, 2.24) is 9.62 Å². The molecule has 0 aliphatic carbocycles. The number of carbonyl (C=O) groups excluding carboxylic acids is 1. The van der Waals surface area contributed by atoms with Crippen molar-refractivity contribution in [1.29, 1.82) is 0 Å². The van der Waals surface area contributed by atoms with Gasteiger partial charge in [0.05, 0.1) is 6.26 Å². The summed E-state index contributed by atoms with van der Waals surface area (Å²) in [7, 11) is -3.28. The summed E-state index contributed by atoms with van der Waals surface area (Å²) >= 11 is 0. The van der Waals surface area contributed by atoms with Crippen LogP contribution in [0.1, 0.15) is 17.5 Å². The Hall–Kier alpha value is -2.18. The quantitative estimate of drug-likeness (QED) is 0.924. The zero-order chi connectivity index (χ0) is 17.2. The highest BCUT2D eigenvalue weighted by atomic mass is 32.2. The van der Waals surface area contributed by atoms with Crippen LogP contribution in [0.4, 0.5) is 0 Å². The predicted octanol–water partition coefficient (Wildman–Crippen LogP) is 2.14. The number of hydrogen-bond acceptors (Lipinski definition) is 3. The molecule has 24 heavy (non-hydrogen) atoms. The Bertz CT molecular complexity index is 815. The SMILES string of the molecule is CS(=O)(=O)NCCC(=O)N1Cc2ccccc2-c2ccccc2C1. The number of rotatable bonds is 4. The van der Waals surface area contributed by atoms with E-state index in [0.717, 1.165) is 28.5 Å². The van der Waals surface area contributed by atoms with Gasteiger partial charge in [0.2, 0.25) is 15.9 Å². The molecule has 2 aromatic rings. The van der Waals surface area contributed by atoms with E-state index < -0.39 is 10.0 Å². The van der Waals surface area contributed by atoms with Gasteiger partial charge < -0.3 is 4.90 Å². The molecular formula is C18H20N2O3S. The van der Waals surface area contributed by atoms with Crippen molar-refractivity contribution >= 4 is 15.9 Å². The average molecular weight is 344 g/mol. The number of carbonyl (C=O) groups is 1. The molecule has 0 atom stereocenters. The van der Waals surface area contributed by atoms with E-state index in [1.54, 1.807) is 4.90 Å². The molecule has 1 amide bonds. The largest absolute Gasteiger partial charge is 0.334 e. The van der Waals surface area contributed by atoms with Gasteiger partial charge in [-0.2, -0.15) is 0 Å². The number of nitrogens with zero attached hydrogens (tertiary/aromatic N) is 1. The van der Waals surface area contributed by atoms with Crippen molar-refractivity contribution in [3.8, 4) is 11.1 Å². The van der Waals surface area contributed by atoms with Crippen LogP contribution in [0.15, 0.2) is 48.5 Å². The second-order valence-corrected chi connectivity index (χ2v) is 7.81. The summed E-state index contributed by atoms with van der Waals surface area (Å²) in [5.41, 5.74) is 4.51. The molecule has 2 aromatic carbocycles. The van der Waals surface area contributed by atoms with Gasteiger partial charge in [0.1, 0.15) is 0 Å². The van der Waals surface area contributed by atoms with Gasteiger partial charge >= 0.3 is 0 Å². The number of fused-ring (bicyclic) bond motifs is 3. The van der Waals surface area contributed by atoms with Gasteiger partial charge in [-0.1, -0.05) is 48.5 Å². The van der Waals surface area contributed by atoms with E-state index in [4.69, 9.17) is 0 Å². The maximum atomic E-state index is 12.5. The van der Waals surface area contributed by atoms with Gasteiger partial charge in [0, 0.05) is 26.1 Å². The lowest BCUT2D eigenvalue weighted by Crippen LogP contribution is -2.33. The highest BCUT2D eigenvalue weighted by Gasteiger charge is 2.22. The van der Waals surface area contributed by atoms with Crippen LogP contribution < -0.4 is 4.72 Å². The van der Waals surface area contributed by atoms with E-state index >= 15 is 0 Å². The van der Waals surface area contributed by atoms with Gasteiger partial charge in [0.25, 0.3) is 0 Å². The molecule has 0 saturated carbocycles. The second kappa shape index (κ2) is 6.75. The van der Waals surface area contributed by atoms with Crippen LogP contribution in [-0.2, 0) is 27.9 Å². The molecule has 0 unspecified atom stereocenters. The molecule has 3 rings (SSSR count). The van der Waals surface area contributed by atoms with Crippen LogP contribution in [0.2, 0.25) is 0 Å². The molecule has 1 heterocycles. The lowest BCUT2D eigenvalue weighted by Gasteiger charge is -2.21. The number of benzene rings is 2. The fourth-order valence-corrected chi connectivity index (χ4v) is 3.46. The highest BCUT2D eigenvalue weighted by Crippen LogP contribution is 2.32. The third-order valence-electron chi connectivity index (χ3n) is 4.10. The summed E-state index contributed by atoms with van der Waals surface area (Å²) < 4.78 is 24.6. The Morgan fingerprint density at radius 3 is 2.00 bits per heavy atom. The van der Waals surface area contributed by atoms with Gasteiger partial charge in [-0.25, -0.2) is 13.1 Å². The fraction of sp³-hybridized carbons (Fsp3) is 0.278. The molecule has 0 fully saturated rings. The summed E-state index contributed by atoms with van der Waals surface area (Å²) in [5, 5.41) is 0. The molecule has 0 bridgehead atoms. The minimum Gasteiger partial charge on any atom is -0.334 e. The van der Waals surface area contributed by atoms with Crippen molar-refractivity contribution < 1.29 is 13.2 Å². The summed E-state index contributed by atoms with van der Waals surface area (Å²) in [4.78, 5) is 14.3. The first-order valence-corrected chi connectivity index (χ1v) is 9.72. The molecular weight excluding hydrogens is 324 g/mol. The van der Waals surface area contributed by atoms with Gasteiger partial charge in [0.15, 0.2) is 0 Å². The third-order valence-corrected chi connectivity index (χ3v) is 4.83. The maximum absolute atomic E-state index is 12.5.